The van der Waals surface area contributed by atoms with E-state index in [4.69, 9.17) is 10.5 Å². The topological polar surface area (TPSA) is 66.0 Å². The van der Waals surface area contributed by atoms with Crippen molar-refractivity contribution >= 4 is 16.6 Å². The fourth-order valence-corrected chi connectivity index (χ4v) is 2.07. The molecule has 0 radical (unpaired) electrons. The molecule has 3 rings (SSSR count). The van der Waals surface area contributed by atoms with Crippen LogP contribution in [0.25, 0.3) is 16.7 Å². The van der Waals surface area contributed by atoms with Crippen LogP contribution in [0.15, 0.2) is 42.6 Å². The first-order valence-corrected chi connectivity index (χ1v) is 6.97. The van der Waals surface area contributed by atoms with Crippen molar-refractivity contribution in [2.45, 2.75) is 13.8 Å². The minimum Gasteiger partial charge on any atom is -0.476 e. The molecule has 0 saturated heterocycles. The van der Waals surface area contributed by atoms with Gasteiger partial charge < -0.3 is 10.5 Å². The molecule has 2 heterocycles. The van der Waals surface area contributed by atoms with Gasteiger partial charge in [-0.1, -0.05) is 32.0 Å². The number of benzene rings is 1. The van der Waals surface area contributed by atoms with Crippen molar-refractivity contribution < 1.29 is 4.74 Å². The van der Waals surface area contributed by atoms with E-state index in [9.17, 15) is 0 Å². The van der Waals surface area contributed by atoms with Crippen LogP contribution in [0.2, 0.25) is 0 Å². The predicted octanol–water partition coefficient (Wildman–Crippen LogP) is 3.04. The van der Waals surface area contributed by atoms with Crippen LogP contribution in [0.5, 0.6) is 5.88 Å². The van der Waals surface area contributed by atoms with Gasteiger partial charge in [0, 0.05) is 5.39 Å². The standard InChI is InChI=1S/C16H18N4O/c1-11(2)10-21-16-13(17)7-8-15(19-16)20-14-6-4-3-5-12(14)9-18-20/h3-9,11H,10,17H2,1-2H3. The number of aromatic nitrogens is 3. The first kappa shape index (κ1) is 13.4. The lowest BCUT2D eigenvalue weighted by Gasteiger charge is -2.11. The lowest BCUT2D eigenvalue weighted by atomic mass is 10.2. The minimum absolute atomic E-state index is 0.417. The highest BCUT2D eigenvalue weighted by atomic mass is 16.5. The number of pyridine rings is 1. The normalized spacial score (nSPS) is 11.2. The van der Waals surface area contributed by atoms with Gasteiger partial charge in [-0.05, 0) is 24.1 Å². The molecule has 21 heavy (non-hydrogen) atoms. The van der Waals surface area contributed by atoms with Crippen molar-refractivity contribution in [1.29, 1.82) is 0 Å². The average Bonchev–Trinajstić information content (AvgIpc) is 2.90. The molecule has 5 nitrogen and oxygen atoms in total. The number of rotatable bonds is 4. The van der Waals surface area contributed by atoms with Gasteiger partial charge in [0.2, 0.25) is 5.88 Å². The number of nitrogen functional groups attached to an aromatic ring is 1. The summed E-state index contributed by atoms with van der Waals surface area (Å²) in [7, 11) is 0. The third kappa shape index (κ3) is 2.67. The smallest absolute Gasteiger partial charge is 0.239 e. The van der Waals surface area contributed by atoms with Crippen LogP contribution in [-0.4, -0.2) is 21.4 Å². The van der Waals surface area contributed by atoms with Crippen molar-refractivity contribution in [2.75, 3.05) is 12.3 Å². The molecule has 5 heteroatoms. The summed E-state index contributed by atoms with van der Waals surface area (Å²) in [6.45, 7) is 4.75. The number of hydrogen-bond acceptors (Lipinski definition) is 4. The summed E-state index contributed by atoms with van der Waals surface area (Å²) in [6.07, 6.45) is 1.82. The molecule has 0 amide bonds. The van der Waals surface area contributed by atoms with Gasteiger partial charge in [0.25, 0.3) is 0 Å². The third-order valence-electron chi connectivity index (χ3n) is 3.12. The van der Waals surface area contributed by atoms with Gasteiger partial charge in [-0.2, -0.15) is 10.1 Å². The van der Waals surface area contributed by atoms with Gasteiger partial charge in [-0.3, -0.25) is 0 Å². The Morgan fingerprint density at radius 2 is 2.00 bits per heavy atom. The Balaban J connectivity index is 2.00. The van der Waals surface area contributed by atoms with Crippen molar-refractivity contribution in [3.8, 4) is 11.7 Å². The molecule has 0 spiro atoms. The maximum Gasteiger partial charge on any atom is 0.239 e. The van der Waals surface area contributed by atoms with E-state index in [1.807, 2.05) is 36.5 Å². The predicted molar refractivity (Wildman–Crippen MR) is 83.6 cm³/mol. The Bertz CT molecular complexity index is 764. The second-order valence-electron chi connectivity index (χ2n) is 5.38. The maximum absolute atomic E-state index is 5.92. The number of nitrogens with zero attached hydrogens (tertiary/aromatic N) is 3. The van der Waals surface area contributed by atoms with E-state index in [1.165, 1.54) is 0 Å². The zero-order valence-corrected chi connectivity index (χ0v) is 12.2. The molecule has 0 atom stereocenters. The largest absolute Gasteiger partial charge is 0.476 e. The molecule has 1 aromatic carbocycles. The number of para-hydroxylation sites is 1. The molecule has 108 valence electrons. The van der Waals surface area contributed by atoms with Crippen LogP contribution in [-0.2, 0) is 0 Å². The lowest BCUT2D eigenvalue weighted by Crippen LogP contribution is -2.09. The second kappa shape index (κ2) is 5.44. The molecule has 0 aliphatic carbocycles. The van der Waals surface area contributed by atoms with Crippen molar-refractivity contribution in [2.24, 2.45) is 5.92 Å². The molecule has 0 unspecified atom stereocenters. The fraction of sp³-hybridized carbons (Fsp3) is 0.250. The van der Waals surface area contributed by atoms with Crippen LogP contribution in [0.4, 0.5) is 5.69 Å². The molecule has 0 fully saturated rings. The number of nitrogens with two attached hydrogens (primary N) is 1. The van der Waals surface area contributed by atoms with E-state index in [2.05, 4.69) is 23.9 Å². The van der Waals surface area contributed by atoms with E-state index in [-0.39, 0.29) is 0 Å². The highest BCUT2D eigenvalue weighted by Crippen LogP contribution is 2.23. The highest BCUT2D eigenvalue weighted by Gasteiger charge is 2.10. The summed E-state index contributed by atoms with van der Waals surface area (Å²) in [5.41, 5.74) is 7.47. The lowest BCUT2D eigenvalue weighted by molar-refractivity contribution is 0.262. The van der Waals surface area contributed by atoms with Crippen LogP contribution < -0.4 is 10.5 Å². The van der Waals surface area contributed by atoms with Crippen molar-refractivity contribution in [3.05, 3.63) is 42.6 Å². The van der Waals surface area contributed by atoms with Crippen LogP contribution in [0, 0.1) is 5.92 Å². The SMILES string of the molecule is CC(C)COc1nc(-n2ncc3ccccc32)ccc1N. The van der Waals surface area contributed by atoms with Gasteiger partial charge in [-0.25, -0.2) is 4.68 Å². The summed E-state index contributed by atoms with van der Waals surface area (Å²) >= 11 is 0. The van der Waals surface area contributed by atoms with E-state index in [0.29, 0.717) is 29.9 Å². The zero-order valence-electron chi connectivity index (χ0n) is 12.2. The maximum atomic E-state index is 5.92. The van der Waals surface area contributed by atoms with Crippen LogP contribution in [0.3, 0.4) is 0 Å². The Morgan fingerprint density at radius 3 is 2.81 bits per heavy atom. The average molecular weight is 282 g/mol. The molecular formula is C16H18N4O. The molecule has 2 N–H and O–H groups in total. The van der Waals surface area contributed by atoms with E-state index < -0.39 is 0 Å². The van der Waals surface area contributed by atoms with Crippen molar-refractivity contribution in [3.63, 3.8) is 0 Å². The molecular weight excluding hydrogens is 264 g/mol. The monoisotopic (exact) mass is 282 g/mol. The Morgan fingerprint density at radius 1 is 1.19 bits per heavy atom. The van der Waals surface area contributed by atoms with Gasteiger partial charge >= 0.3 is 0 Å². The molecule has 0 bridgehead atoms. The highest BCUT2D eigenvalue weighted by molar-refractivity contribution is 5.79. The third-order valence-corrected chi connectivity index (χ3v) is 3.12. The minimum atomic E-state index is 0.417. The fourth-order valence-electron chi connectivity index (χ4n) is 2.07. The van der Waals surface area contributed by atoms with E-state index >= 15 is 0 Å². The first-order valence-electron chi connectivity index (χ1n) is 6.97. The van der Waals surface area contributed by atoms with Crippen LogP contribution in [0.1, 0.15) is 13.8 Å². The molecule has 3 aromatic rings. The quantitative estimate of drug-likeness (QED) is 0.798. The first-order chi connectivity index (χ1) is 10.1. The van der Waals surface area contributed by atoms with Gasteiger partial charge in [0.1, 0.15) is 0 Å². The Kier molecular flexibility index (Phi) is 3.48. The number of hydrogen-bond donors (Lipinski definition) is 1. The van der Waals surface area contributed by atoms with E-state index in [0.717, 1.165) is 10.9 Å². The number of anilines is 1. The summed E-state index contributed by atoms with van der Waals surface area (Å²) < 4.78 is 7.46. The van der Waals surface area contributed by atoms with Crippen LogP contribution >= 0.6 is 0 Å². The molecule has 2 aromatic heterocycles. The van der Waals surface area contributed by atoms with Gasteiger partial charge in [0.05, 0.1) is 24.0 Å². The Labute approximate surface area is 123 Å². The Hall–Kier alpha value is -2.56. The van der Waals surface area contributed by atoms with E-state index in [1.54, 1.807) is 10.7 Å². The van der Waals surface area contributed by atoms with Gasteiger partial charge in [-0.15, -0.1) is 0 Å². The summed E-state index contributed by atoms with van der Waals surface area (Å²) in [4.78, 5) is 4.49. The summed E-state index contributed by atoms with van der Waals surface area (Å²) in [5.74, 6) is 1.57. The molecule has 0 aliphatic heterocycles. The van der Waals surface area contributed by atoms with Gasteiger partial charge in [0.15, 0.2) is 5.82 Å². The molecule has 0 aliphatic rings. The van der Waals surface area contributed by atoms with Crippen molar-refractivity contribution in [1.82, 2.24) is 14.8 Å². The zero-order chi connectivity index (χ0) is 14.8. The number of fused-ring (bicyclic) bond motifs is 1. The molecule has 0 saturated carbocycles. The number of ether oxygens (including phenoxy) is 1. The second-order valence-corrected chi connectivity index (χ2v) is 5.38. The summed E-state index contributed by atoms with van der Waals surface area (Å²) in [6, 6.07) is 11.6. The summed E-state index contributed by atoms with van der Waals surface area (Å²) in [5, 5.41) is 5.46.